The molecule has 0 aliphatic rings. The van der Waals surface area contributed by atoms with E-state index in [1.807, 2.05) is 0 Å². The molecule has 43 heavy (non-hydrogen) atoms. The summed E-state index contributed by atoms with van der Waals surface area (Å²) in [7, 11) is 0. The normalized spacial score (nSPS) is 11.6. The van der Waals surface area contributed by atoms with Crippen LogP contribution in [0.5, 0.6) is 0 Å². The molecule has 1 aromatic heterocycles. The summed E-state index contributed by atoms with van der Waals surface area (Å²) in [6.07, 6.45) is 22.5. The minimum Gasteiger partial charge on any atom is -0.340 e. The molecule has 5 rings (SSSR count). The van der Waals surface area contributed by atoms with Gasteiger partial charge in [-0.2, -0.15) is 0 Å². The molecule has 0 bridgehead atoms. The minimum atomic E-state index is 1.07. The molecule has 0 aliphatic heterocycles. The number of nitrogens with zero attached hydrogens (tertiary/aromatic N) is 1. The number of benzene rings is 4. The van der Waals surface area contributed by atoms with Crippen LogP contribution in [0.4, 0.5) is 0 Å². The molecule has 0 atom stereocenters. The van der Waals surface area contributed by atoms with Gasteiger partial charge in [-0.05, 0) is 29.2 Å². The van der Waals surface area contributed by atoms with E-state index >= 15 is 0 Å². The molecule has 0 saturated carbocycles. The van der Waals surface area contributed by atoms with E-state index in [4.69, 9.17) is 0 Å². The van der Waals surface area contributed by atoms with Crippen molar-refractivity contribution >= 4 is 21.8 Å². The third-order valence-electron chi connectivity index (χ3n) is 9.32. The number of hydrogen-bond donors (Lipinski definition) is 0. The fraction of sp³-hybridized carbons (Fsp3) is 0.429. The lowest BCUT2D eigenvalue weighted by atomic mass is 9.92. The molecule has 4 aromatic carbocycles. The zero-order valence-electron chi connectivity index (χ0n) is 26.7. The summed E-state index contributed by atoms with van der Waals surface area (Å²) in [6.45, 7) is 3.37. The van der Waals surface area contributed by atoms with Crippen LogP contribution < -0.4 is 0 Å². The number of aryl methyl sites for hydroxylation is 1. The SMILES string of the molecule is CCCCCCCCCCCCCCCCCCn1c2ccccc2c2ccc(-c3ccccc3)c(-c3ccccc3)c21. The second kappa shape index (κ2) is 17.1. The fourth-order valence-corrected chi connectivity index (χ4v) is 6.95. The molecule has 0 N–H and O–H groups in total. The van der Waals surface area contributed by atoms with Crippen molar-refractivity contribution in [3.8, 4) is 22.3 Å². The lowest BCUT2D eigenvalue weighted by Gasteiger charge is -2.16. The predicted molar refractivity (Wildman–Crippen MR) is 190 cm³/mol. The van der Waals surface area contributed by atoms with Crippen LogP contribution in [0.2, 0.25) is 0 Å². The molecule has 0 amide bonds. The predicted octanol–water partition coefficient (Wildman–Crippen LogP) is 13.4. The van der Waals surface area contributed by atoms with Crippen molar-refractivity contribution in [3.05, 3.63) is 97.1 Å². The summed E-state index contributed by atoms with van der Waals surface area (Å²) < 4.78 is 2.63. The van der Waals surface area contributed by atoms with Gasteiger partial charge in [-0.25, -0.2) is 0 Å². The number of unbranched alkanes of at least 4 members (excludes halogenated alkanes) is 15. The Morgan fingerprint density at radius 2 is 0.907 bits per heavy atom. The van der Waals surface area contributed by atoms with Crippen molar-refractivity contribution in [2.24, 2.45) is 0 Å². The summed E-state index contributed by atoms with van der Waals surface area (Å²) in [6, 6.07) is 35.6. The molecular formula is C42H53N. The van der Waals surface area contributed by atoms with Crippen LogP contribution in [0.3, 0.4) is 0 Å². The summed E-state index contributed by atoms with van der Waals surface area (Å²) in [5.74, 6) is 0. The zero-order valence-corrected chi connectivity index (χ0v) is 26.7. The van der Waals surface area contributed by atoms with Gasteiger partial charge < -0.3 is 4.57 Å². The summed E-state index contributed by atoms with van der Waals surface area (Å²) in [5.41, 5.74) is 7.99. The Labute approximate surface area is 261 Å². The molecule has 1 nitrogen and oxygen atoms in total. The summed E-state index contributed by atoms with van der Waals surface area (Å²) >= 11 is 0. The summed E-state index contributed by atoms with van der Waals surface area (Å²) in [5, 5.41) is 2.73. The Hall–Kier alpha value is -3.32. The monoisotopic (exact) mass is 571 g/mol. The maximum absolute atomic E-state index is 2.63. The van der Waals surface area contributed by atoms with Gasteiger partial charge in [0.1, 0.15) is 0 Å². The van der Waals surface area contributed by atoms with E-state index in [1.54, 1.807) is 0 Å². The molecular weight excluding hydrogens is 518 g/mol. The van der Waals surface area contributed by atoms with Gasteiger partial charge in [-0.15, -0.1) is 0 Å². The Kier molecular flexibility index (Phi) is 12.4. The second-order valence-corrected chi connectivity index (χ2v) is 12.6. The average molecular weight is 572 g/mol. The van der Waals surface area contributed by atoms with Crippen molar-refractivity contribution in [2.45, 2.75) is 116 Å². The van der Waals surface area contributed by atoms with Gasteiger partial charge in [0, 0.05) is 28.4 Å². The lowest BCUT2D eigenvalue weighted by molar-refractivity contribution is 0.524. The molecule has 5 aromatic rings. The highest BCUT2D eigenvalue weighted by atomic mass is 15.0. The van der Waals surface area contributed by atoms with E-state index in [2.05, 4.69) is 109 Å². The lowest BCUT2D eigenvalue weighted by Crippen LogP contribution is -2.00. The Morgan fingerprint density at radius 1 is 0.419 bits per heavy atom. The smallest absolute Gasteiger partial charge is 0.0577 e. The molecule has 0 spiro atoms. The summed E-state index contributed by atoms with van der Waals surface area (Å²) in [4.78, 5) is 0. The third kappa shape index (κ3) is 8.41. The van der Waals surface area contributed by atoms with Gasteiger partial charge >= 0.3 is 0 Å². The van der Waals surface area contributed by atoms with Crippen molar-refractivity contribution in [2.75, 3.05) is 0 Å². The standard InChI is InChI=1S/C42H53N/c1-2-3-4-5-6-7-8-9-10-11-12-13-14-15-16-25-34-43-40-31-24-23-30-38(40)39-33-32-37(35-26-19-17-20-27-35)41(42(39)43)36-28-21-18-22-29-36/h17-24,26-33H,2-16,25,34H2,1H3. The first-order valence-corrected chi connectivity index (χ1v) is 17.5. The molecule has 1 heterocycles. The maximum Gasteiger partial charge on any atom is 0.0577 e. The Bertz CT molecular complexity index is 1490. The first-order valence-electron chi connectivity index (χ1n) is 17.5. The molecule has 0 saturated heterocycles. The van der Waals surface area contributed by atoms with E-state index in [1.165, 1.54) is 147 Å². The van der Waals surface area contributed by atoms with Crippen molar-refractivity contribution in [1.82, 2.24) is 4.57 Å². The van der Waals surface area contributed by atoms with E-state index in [-0.39, 0.29) is 0 Å². The fourth-order valence-electron chi connectivity index (χ4n) is 6.95. The van der Waals surface area contributed by atoms with E-state index in [9.17, 15) is 0 Å². The van der Waals surface area contributed by atoms with Crippen LogP contribution in [0.15, 0.2) is 97.1 Å². The highest BCUT2D eigenvalue weighted by Gasteiger charge is 2.18. The largest absolute Gasteiger partial charge is 0.340 e. The number of fused-ring (bicyclic) bond motifs is 3. The van der Waals surface area contributed by atoms with Crippen LogP contribution in [-0.2, 0) is 6.54 Å². The van der Waals surface area contributed by atoms with E-state index in [0.29, 0.717) is 0 Å². The quantitative estimate of drug-likeness (QED) is 0.0869. The van der Waals surface area contributed by atoms with Gasteiger partial charge in [0.2, 0.25) is 0 Å². The van der Waals surface area contributed by atoms with Crippen molar-refractivity contribution in [1.29, 1.82) is 0 Å². The van der Waals surface area contributed by atoms with Crippen LogP contribution in [0.25, 0.3) is 44.1 Å². The number of hydrogen-bond acceptors (Lipinski definition) is 0. The second-order valence-electron chi connectivity index (χ2n) is 12.6. The van der Waals surface area contributed by atoms with Gasteiger partial charge in [0.15, 0.2) is 0 Å². The molecule has 1 heteroatoms. The number of rotatable bonds is 19. The van der Waals surface area contributed by atoms with Crippen molar-refractivity contribution in [3.63, 3.8) is 0 Å². The Morgan fingerprint density at radius 3 is 1.49 bits per heavy atom. The maximum atomic E-state index is 2.63. The van der Waals surface area contributed by atoms with Crippen LogP contribution in [0, 0.1) is 0 Å². The minimum absolute atomic E-state index is 1.07. The third-order valence-corrected chi connectivity index (χ3v) is 9.32. The van der Waals surface area contributed by atoms with Crippen LogP contribution >= 0.6 is 0 Å². The first kappa shape index (κ1) is 31.1. The average Bonchev–Trinajstić information content (AvgIpc) is 3.38. The van der Waals surface area contributed by atoms with Gasteiger partial charge in [0.25, 0.3) is 0 Å². The van der Waals surface area contributed by atoms with E-state index in [0.717, 1.165) is 6.54 Å². The molecule has 0 unspecified atom stereocenters. The highest BCUT2D eigenvalue weighted by molar-refractivity contribution is 6.15. The Balaban J connectivity index is 1.19. The zero-order chi connectivity index (χ0) is 29.5. The number of aromatic nitrogens is 1. The molecule has 0 fully saturated rings. The van der Waals surface area contributed by atoms with Gasteiger partial charge in [0.05, 0.1) is 5.52 Å². The molecule has 0 radical (unpaired) electrons. The molecule has 0 aliphatic carbocycles. The molecule has 226 valence electrons. The van der Waals surface area contributed by atoms with Crippen molar-refractivity contribution < 1.29 is 0 Å². The van der Waals surface area contributed by atoms with Gasteiger partial charge in [-0.3, -0.25) is 0 Å². The van der Waals surface area contributed by atoms with E-state index < -0.39 is 0 Å². The van der Waals surface area contributed by atoms with Crippen LogP contribution in [0.1, 0.15) is 110 Å². The van der Waals surface area contributed by atoms with Gasteiger partial charge in [-0.1, -0.05) is 194 Å². The topological polar surface area (TPSA) is 4.93 Å². The first-order chi connectivity index (χ1) is 21.4. The van der Waals surface area contributed by atoms with Crippen LogP contribution in [-0.4, -0.2) is 4.57 Å². The number of para-hydroxylation sites is 1. The highest BCUT2D eigenvalue weighted by Crippen LogP contribution is 2.42.